The second kappa shape index (κ2) is 4.31. The first-order valence-electron chi connectivity index (χ1n) is 4.54. The van der Waals surface area contributed by atoms with Crippen LogP contribution in [0.3, 0.4) is 0 Å². The van der Waals surface area contributed by atoms with Crippen LogP contribution in [-0.2, 0) is 4.79 Å². The number of hydrogen-bond acceptors (Lipinski definition) is 1. The Labute approximate surface area is 96.2 Å². The van der Waals surface area contributed by atoms with Crippen LogP contribution in [0.2, 0.25) is 0 Å². The number of carboxylic acids is 1. The summed E-state index contributed by atoms with van der Waals surface area (Å²) in [4.78, 5) is 10.8. The molecule has 0 aromatic heterocycles. The van der Waals surface area contributed by atoms with E-state index in [4.69, 9.17) is 5.11 Å². The Morgan fingerprint density at radius 1 is 1.53 bits per heavy atom. The average molecular weight is 275 g/mol. The molecule has 0 aliphatic carbocycles. The molecule has 1 rings (SSSR count). The first-order chi connectivity index (χ1) is 6.86. The van der Waals surface area contributed by atoms with Crippen LogP contribution >= 0.6 is 15.9 Å². The number of aliphatic carboxylic acids is 1. The minimum Gasteiger partial charge on any atom is -0.481 e. The van der Waals surface area contributed by atoms with E-state index < -0.39 is 11.9 Å². The highest BCUT2D eigenvalue weighted by molar-refractivity contribution is 9.10. The van der Waals surface area contributed by atoms with Crippen LogP contribution < -0.4 is 0 Å². The summed E-state index contributed by atoms with van der Waals surface area (Å²) in [5, 5.41) is 8.88. The van der Waals surface area contributed by atoms with E-state index in [2.05, 4.69) is 15.9 Å². The second-order valence-corrected chi connectivity index (χ2v) is 4.39. The maximum atomic E-state index is 13.6. The molecule has 1 aromatic rings. The van der Waals surface area contributed by atoms with Gasteiger partial charge in [0.25, 0.3) is 0 Å². The minimum absolute atomic E-state index is 0.377. The molecule has 0 fully saturated rings. The summed E-state index contributed by atoms with van der Waals surface area (Å²) in [5.74, 6) is -2.01. The second-order valence-electron chi connectivity index (χ2n) is 3.60. The summed E-state index contributed by atoms with van der Waals surface area (Å²) < 4.78 is 14.0. The van der Waals surface area contributed by atoms with Crippen LogP contribution in [0.1, 0.15) is 29.5 Å². The molecular formula is C11H12BrFO2. The maximum absolute atomic E-state index is 13.6. The molecule has 0 spiro atoms. The Kier molecular flexibility index (Phi) is 3.50. The van der Waals surface area contributed by atoms with Crippen molar-refractivity contribution >= 4 is 21.9 Å². The Bertz CT molecular complexity index is 416. The van der Waals surface area contributed by atoms with E-state index >= 15 is 0 Å². The molecule has 15 heavy (non-hydrogen) atoms. The third kappa shape index (κ3) is 2.20. The molecule has 0 radical (unpaired) electrons. The van der Waals surface area contributed by atoms with Crippen molar-refractivity contribution in [2.45, 2.75) is 26.7 Å². The molecular weight excluding hydrogens is 263 g/mol. The molecule has 0 aliphatic rings. The summed E-state index contributed by atoms with van der Waals surface area (Å²) >= 11 is 3.13. The van der Waals surface area contributed by atoms with Crippen molar-refractivity contribution in [2.75, 3.05) is 0 Å². The fourth-order valence-corrected chi connectivity index (χ4v) is 1.86. The fourth-order valence-electron chi connectivity index (χ4n) is 1.45. The monoisotopic (exact) mass is 274 g/mol. The number of carboxylic acid groups (broad SMARTS) is 1. The standard InChI is InChI=1S/C11H12BrFO2/c1-5-4-8(7(3)11(14)15)6(2)10(13)9(5)12/h4,7H,1-3H3,(H,14,15). The predicted molar refractivity (Wildman–Crippen MR) is 59.6 cm³/mol. The van der Waals surface area contributed by atoms with Gasteiger partial charge in [-0.1, -0.05) is 6.07 Å². The molecule has 1 aromatic carbocycles. The minimum atomic E-state index is -0.945. The number of benzene rings is 1. The van der Waals surface area contributed by atoms with Crippen molar-refractivity contribution in [1.29, 1.82) is 0 Å². The first kappa shape index (κ1) is 12.2. The van der Waals surface area contributed by atoms with Crippen LogP contribution in [0, 0.1) is 19.7 Å². The zero-order chi connectivity index (χ0) is 11.7. The molecule has 82 valence electrons. The van der Waals surface area contributed by atoms with Crippen LogP contribution in [0.4, 0.5) is 4.39 Å². The van der Waals surface area contributed by atoms with Gasteiger partial charge in [-0.15, -0.1) is 0 Å². The Hall–Kier alpha value is -0.900. The SMILES string of the molecule is Cc1cc(C(C)C(=O)O)c(C)c(F)c1Br. The van der Waals surface area contributed by atoms with Gasteiger partial charge in [0.05, 0.1) is 10.4 Å². The molecule has 0 heterocycles. The molecule has 1 N–H and O–H groups in total. The van der Waals surface area contributed by atoms with Crippen molar-refractivity contribution in [1.82, 2.24) is 0 Å². The Balaban J connectivity index is 3.38. The van der Waals surface area contributed by atoms with Crippen LogP contribution in [0.15, 0.2) is 10.5 Å². The van der Waals surface area contributed by atoms with Crippen molar-refractivity contribution in [2.24, 2.45) is 0 Å². The van der Waals surface area contributed by atoms with Gasteiger partial charge in [0, 0.05) is 0 Å². The molecule has 0 saturated heterocycles. The van der Waals surface area contributed by atoms with Gasteiger partial charge in [0.2, 0.25) is 0 Å². The van der Waals surface area contributed by atoms with Crippen LogP contribution in [0.5, 0.6) is 0 Å². The smallest absolute Gasteiger partial charge is 0.310 e. The largest absolute Gasteiger partial charge is 0.481 e. The van der Waals surface area contributed by atoms with E-state index in [9.17, 15) is 9.18 Å². The normalized spacial score (nSPS) is 12.6. The molecule has 0 amide bonds. The maximum Gasteiger partial charge on any atom is 0.310 e. The summed E-state index contributed by atoms with van der Waals surface area (Å²) in [7, 11) is 0. The van der Waals surface area contributed by atoms with Gasteiger partial charge in [-0.05, 0) is 53.4 Å². The average Bonchev–Trinajstić information content (AvgIpc) is 2.19. The lowest BCUT2D eigenvalue weighted by atomic mass is 9.94. The van der Waals surface area contributed by atoms with Crippen molar-refractivity contribution < 1.29 is 14.3 Å². The van der Waals surface area contributed by atoms with Crippen LogP contribution in [0.25, 0.3) is 0 Å². The lowest BCUT2D eigenvalue weighted by Crippen LogP contribution is -2.10. The first-order valence-corrected chi connectivity index (χ1v) is 5.33. The Morgan fingerprint density at radius 3 is 2.53 bits per heavy atom. The zero-order valence-electron chi connectivity index (χ0n) is 8.77. The van der Waals surface area contributed by atoms with Gasteiger partial charge < -0.3 is 5.11 Å². The van der Waals surface area contributed by atoms with Gasteiger partial charge in [-0.2, -0.15) is 0 Å². The lowest BCUT2D eigenvalue weighted by Gasteiger charge is -2.13. The molecule has 0 aliphatic heterocycles. The van der Waals surface area contributed by atoms with Crippen LogP contribution in [-0.4, -0.2) is 11.1 Å². The number of hydrogen-bond donors (Lipinski definition) is 1. The van der Waals surface area contributed by atoms with E-state index in [0.717, 1.165) is 0 Å². The number of carbonyl (C=O) groups is 1. The summed E-state index contributed by atoms with van der Waals surface area (Å²) in [5.41, 5.74) is 1.63. The van der Waals surface area contributed by atoms with Gasteiger partial charge in [-0.25, -0.2) is 4.39 Å². The third-order valence-corrected chi connectivity index (χ3v) is 3.48. The van der Waals surface area contributed by atoms with E-state index in [1.807, 2.05) is 0 Å². The van der Waals surface area contributed by atoms with E-state index in [1.165, 1.54) is 0 Å². The molecule has 1 unspecified atom stereocenters. The van der Waals surface area contributed by atoms with E-state index in [1.54, 1.807) is 26.8 Å². The molecule has 2 nitrogen and oxygen atoms in total. The van der Waals surface area contributed by atoms with E-state index in [-0.39, 0.29) is 5.82 Å². The quantitative estimate of drug-likeness (QED) is 0.898. The van der Waals surface area contributed by atoms with Crippen molar-refractivity contribution in [3.8, 4) is 0 Å². The van der Waals surface area contributed by atoms with Crippen molar-refractivity contribution in [3.05, 3.63) is 33.0 Å². The van der Waals surface area contributed by atoms with Crippen molar-refractivity contribution in [3.63, 3.8) is 0 Å². The number of rotatable bonds is 2. The molecule has 1 atom stereocenters. The Morgan fingerprint density at radius 2 is 2.07 bits per heavy atom. The van der Waals surface area contributed by atoms with Gasteiger partial charge in [0.15, 0.2) is 0 Å². The summed E-state index contributed by atoms with van der Waals surface area (Å²) in [6, 6.07) is 1.71. The number of aryl methyl sites for hydroxylation is 1. The topological polar surface area (TPSA) is 37.3 Å². The lowest BCUT2D eigenvalue weighted by molar-refractivity contribution is -0.138. The van der Waals surface area contributed by atoms with Gasteiger partial charge >= 0.3 is 5.97 Å². The summed E-state index contributed by atoms with van der Waals surface area (Å²) in [6.45, 7) is 4.89. The zero-order valence-corrected chi connectivity index (χ0v) is 10.4. The predicted octanol–water partition coefficient (Wildman–Crippen LogP) is 3.39. The fraction of sp³-hybridized carbons (Fsp3) is 0.364. The molecule has 0 saturated carbocycles. The van der Waals surface area contributed by atoms with Gasteiger partial charge in [-0.3, -0.25) is 4.79 Å². The highest BCUT2D eigenvalue weighted by Gasteiger charge is 2.20. The number of halogens is 2. The van der Waals surface area contributed by atoms with Gasteiger partial charge in [0.1, 0.15) is 5.82 Å². The highest BCUT2D eigenvalue weighted by Crippen LogP contribution is 2.30. The highest BCUT2D eigenvalue weighted by atomic mass is 79.9. The molecule has 4 heteroatoms. The summed E-state index contributed by atoms with van der Waals surface area (Å²) in [6.07, 6.45) is 0. The molecule has 0 bridgehead atoms. The third-order valence-electron chi connectivity index (χ3n) is 2.51. The van der Waals surface area contributed by atoms with E-state index in [0.29, 0.717) is 21.2 Å².